The first-order valence-electron chi connectivity index (χ1n) is 6.42. The standard InChI is InChI=1S/C16H12N4O/c1-3-7-13(8-4-1)17-11-15-19-16(21-20-15)12-18-14-9-5-2-6-10-14/h1-12H. The molecule has 1 heterocycles. The van der Waals surface area contributed by atoms with Gasteiger partial charge < -0.3 is 4.52 Å². The van der Waals surface area contributed by atoms with Gasteiger partial charge in [-0.25, -0.2) is 0 Å². The van der Waals surface area contributed by atoms with Crippen LogP contribution in [0.4, 0.5) is 11.4 Å². The molecule has 0 aliphatic heterocycles. The molecule has 0 radical (unpaired) electrons. The summed E-state index contributed by atoms with van der Waals surface area (Å²) >= 11 is 0. The minimum atomic E-state index is 0.341. The van der Waals surface area contributed by atoms with E-state index in [0.29, 0.717) is 11.7 Å². The number of benzene rings is 2. The molecule has 0 unspecified atom stereocenters. The van der Waals surface area contributed by atoms with Gasteiger partial charge in [0, 0.05) is 0 Å². The Kier molecular flexibility index (Phi) is 3.93. The lowest BCUT2D eigenvalue weighted by atomic mass is 10.3. The molecule has 1 aromatic heterocycles. The lowest BCUT2D eigenvalue weighted by Crippen LogP contribution is -1.85. The third kappa shape index (κ3) is 3.70. The Bertz CT molecular complexity index is 684. The van der Waals surface area contributed by atoms with Crippen molar-refractivity contribution in [2.24, 2.45) is 9.98 Å². The maximum atomic E-state index is 5.07. The second-order valence-electron chi connectivity index (χ2n) is 4.18. The van der Waals surface area contributed by atoms with E-state index in [1.165, 1.54) is 6.21 Å². The van der Waals surface area contributed by atoms with Gasteiger partial charge in [-0.05, 0) is 24.3 Å². The molecular weight excluding hydrogens is 264 g/mol. The van der Waals surface area contributed by atoms with Gasteiger partial charge in [0.05, 0.1) is 23.8 Å². The highest BCUT2D eigenvalue weighted by molar-refractivity contribution is 5.80. The Labute approximate surface area is 121 Å². The van der Waals surface area contributed by atoms with Crippen molar-refractivity contribution >= 4 is 23.8 Å². The van der Waals surface area contributed by atoms with Gasteiger partial charge in [-0.3, -0.25) is 9.98 Å². The van der Waals surface area contributed by atoms with Gasteiger partial charge in [-0.1, -0.05) is 41.6 Å². The van der Waals surface area contributed by atoms with E-state index in [9.17, 15) is 0 Å². The summed E-state index contributed by atoms with van der Waals surface area (Å²) in [7, 11) is 0. The molecule has 0 N–H and O–H groups in total. The summed E-state index contributed by atoms with van der Waals surface area (Å²) in [6, 6.07) is 19.1. The van der Waals surface area contributed by atoms with Crippen LogP contribution in [-0.2, 0) is 0 Å². The first-order valence-corrected chi connectivity index (χ1v) is 6.42. The van der Waals surface area contributed by atoms with Crippen LogP contribution in [0.3, 0.4) is 0 Å². The van der Waals surface area contributed by atoms with E-state index in [-0.39, 0.29) is 0 Å². The summed E-state index contributed by atoms with van der Waals surface area (Å²) in [6.45, 7) is 0. The molecule has 5 heteroatoms. The van der Waals surface area contributed by atoms with Gasteiger partial charge in [-0.2, -0.15) is 4.98 Å². The lowest BCUT2D eigenvalue weighted by Gasteiger charge is -1.88. The Morgan fingerprint density at radius 3 is 1.95 bits per heavy atom. The molecule has 21 heavy (non-hydrogen) atoms. The molecule has 0 atom stereocenters. The Morgan fingerprint density at radius 2 is 1.33 bits per heavy atom. The van der Waals surface area contributed by atoms with E-state index in [2.05, 4.69) is 20.1 Å². The van der Waals surface area contributed by atoms with Gasteiger partial charge >= 0.3 is 0 Å². The molecule has 102 valence electrons. The van der Waals surface area contributed by atoms with Crippen molar-refractivity contribution in [2.45, 2.75) is 0 Å². The summed E-state index contributed by atoms with van der Waals surface area (Å²) < 4.78 is 5.07. The summed E-state index contributed by atoms with van der Waals surface area (Å²) in [4.78, 5) is 12.7. The van der Waals surface area contributed by atoms with E-state index >= 15 is 0 Å². The van der Waals surface area contributed by atoms with Gasteiger partial charge in [0.2, 0.25) is 5.82 Å². The molecular formula is C16H12N4O. The average molecular weight is 276 g/mol. The molecule has 5 nitrogen and oxygen atoms in total. The molecule has 0 saturated heterocycles. The predicted molar refractivity (Wildman–Crippen MR) is 81.7 cm³/mol. The highest BCUT2D eigenvalue weighted by Gasteiger charge is 2.00. The summed E-state index contributed by atoms with van der Waals surface area (Å²) in [5.74, 6) is 0.752. The van der Waals surface area contributed by atoms with E-state index in [1.807, 2.05) is 60.7 Å². The maximum absolute atomic E-state index is 5.07. The van der Waals surface area contributed by atoms with Crippen molar-refractivity contribution in [2.75, 3.05) is 0 Å². The third-order valence-corrected chi connectivity index (χ3v) is 2.62. The third-order valence-electron chi connectivity index (χ3n) is 2.62. The second kappa shape index (κ2) is 6.38. The van der Waals surface area contributed by atoms with E-state index < -0.39 is 0 Å². The fraction of sp³-hybridized carbons (Fsp3) is 0. The zero-order chi connectivity index (χ0) is 14.3. The number of para-hydroxylation sites is 2. The lowest BCUT2D eigenvalue weighted by molar-refractivity contribution is 0.411. The van der Waals surface area contributed by atoms with Crippen LogP contribution < -0.4 is 0 Å². The molecule has 0 fully saturated rings. The smallest absolute Gasteiger partial charge is 0.269 e. The number of aromatic nitrogens is 2. The predicted octanol–water partition coefficient (Wildman–Crippen LogP) is 3.57. The monoisotopic (exact) mass is 276 g/mol. The highest BCUT2D eigenvalue weighted by Crippen LogP contribution is 2.10. The second-order valence-corrected chi connectivity index (χ2v) is 4.18. The van der Waals surface area contributed by atoms with Crippen molar-refractivity contribution < 1.29 is 4.52 Å². The van der Waals surface area contributed by atoms with Crippen LogP contribution in [-0.4, -0.2) is 22.6 Å². The van der Waals surface area contributed by atoms with Crippen LogP contribution in [0.5, 0.6) is 0 Å². The van der Waals surface area contributed by atoms with Crippen LogP contribution in [0.15, 0.2) is 75.2 Å². The molecule has 0 amide bonds. The van der Waals surface area contributed by atoms with E-state index in [0.717, 1.165) is 11.4 Å². The van der Waals surface area contributed by atoms with E-state index in [4.69, 9.17) is 4.52 Å². The van der Waals surface area contributed by atoms with Crippen molar-refractivity contribution in [1.82, 2.24) is 10.1 Å². The molecule has 0 aliphatic rings. The van der Waals surface area contributed by atoms with Crippen molar-refractivity contribution in [3.8, 4) is 0 Å². The summed E-state index contributed by atoms with van der Waals surface area (Å²) in [6.07, 6.45) is 3.08. The van der Waals surface area contributed by atoms with Crippen molar-refractivity contribution in [3.05, 3.63) is 72.4 Å². The Hall–Kier alpha value is -3.08. The van der Waals surface area contributed by atoms with Crippen LogP contribution >= 0.6 is 0 Å². The zero-order valence-electron chi connectivity index (χ0n) is 11.1. The fourth-order valence-corrected chi connectivity index (χ4v) is 1.64. The topological polar surface area (TPSA) is 63.6 Å². The van der Waals surface area contributed by atoms with Crippen LogP contribution in [0.1, 0.15) is 11.7 Å². The van der Waals surface area contributed by atoms with Gasteiger partial charge in [0.1, 0.15) is 0 Å². The van der Waals surface area contributed by atoms with Gasteiger partial charge in [-0.15, -0.1) is 0 Å². The maximum Gasteiger partial charge on any atom is 0.269 e. The van der Waals surface area contributed by atoms with Crippen molar-refractivity contribution in [1.29, 1.82) is 0 Å². The fourth-order valence-electron chi connectivity index (χ4n) is 1.64. The minimum absolute atomic E-state index is 0.341. The zero-order valence-corrected chi connectivity index (χ0v) is 11.1. The molecule has 3 aromatic rings. The van der Waals surface area contributed by atoms with Crippen LogP contribution in [0.2, 0.25) is 0 Å². The molecule has 0 saturated carbocycles. The summed E-state index contributed by atoms with van der Waals surface area (Å²) in [5.41, 5.74) is 1.66. The molecule has 0 bridgehead atoms. The number of hydrogen-bond donors (Lipinski definition) is 0. The van der Waals surface area contributed by atoms with Gasteiger partial charge in [0.25, 0.3) is 5.89 Å². The SMILES string of the molecule is C(=Nc1ccccc1)c1noc(C=Nc2ccccc2)n1. The normalized spacial score (nSPS) is 11.4. The molecule has 0 spiro atoms. The summed E-state index contributed by atoms with van der Waals surface area (Å²) in [5, 5.41) is 3.82. The number of nitrogens with zero attached hydrogens (tertiary/aromatic N) is 4. The average Bonchev–Trinajstić information content (AvgIpc) is 3.01. The highest BCUT2D eigenvalue weighted by atomic mass is 16.5. The number of hydrogen-bond acceptors (Lipinski definition) is 5. The molecule has 0 aliphatic carbocycles. The number of aliphatic imine (C=N–C) groups is 2. The van der Waals surface area contributed by atoms with E-state index in [1.54, 1.807) is 6.21 Å². The quantitative estimate of drug-likeness (QED) is 0.684. The first kappa shape index (κ1) is 12.9. The van der Waals surface area contributed by atoms with Crippen molar-refractivity contribution in [3.63, 3.8) is 0 Å². The first-order chi connectivity index (χ1) is 10.4. The Balaban J connectivity index is 1.69. The van der Waals surface area contributed by atoms with Gasteiger partial charge in [0.15, 0.2) is 0 Å². The molecule has 2 aromatic carbocycles. The number of rotatable bonds is 4. The largest absolute Gasteiger partial charge is 0.333 e. The van der Waals surface area contributed by atoms with Crippen LogP contribution in [0, 0.1) is 0 Å². The minimum Gasteiger partial charge on any atom is -0.333 e. The van der Waals surface area contributed by atoms with Crippen LogP contribution in [0.25, 0.3) is 0 Å². The Morgan fingerprint density at radius 1 is 0.762 bits per heavy atom. The molecule has 3 rings (SSSR count).